The molecular formula is C23H24BrNO4. The van der Waals surface area contributed by atoms with E-state index in [1.54, 1.807) is 12.1 Å². The third kappa shape index (κ3) is 4.08. The first-order valence-corrected chi connectivity index (χ1v) is 10.5. The number of hydrogen-bond acceptors (Lipinski definition) is 4. The predicted octanol–water partition coefficient (Wildman–Crippen LogP) is 4.99. The summed E-state index contributed by atoms with van der Waals surface area (Å²) in [5.41, 5.74) is 2.32. The number of ketones is 1. The maximum Gasteiger partial charge on any atom is 0.295 e. The molecule has 152 valence electrons. The Morgan fingerprint density at radius 2 is 1.83 bits per heavy atom. The number of ether oxygens (including phenoxy) is 1. The van der Waals surface area contributed by atoms with Crippen LogP contribution in [0.2, 0.25) is 0 Å². The minimum atomic E-state index is -0.657. The largest absolute Gasteiger partial charge is 0.507 e. The Kier molecular flexibility index (Phi) is 6.42. The summed E-state index contributed by atoms with van der Waals surface area (Å²) < 4.78 is 6.40. The Balaban J connectivity index is 2.14. The third-order valence-corrected chi connectivity index (χ3v) is 5.83. The fraction of sp³-hybridized carbons (Fsp3) is 0.304. The maximum absolute atomic E-state index is 12.9. The molecule has 0 radical (unpaired) electrons. The fourth-order valence-electron chi connectivity index (χ4n) is 3.56. The van der Waals surface area contributed by atoms with E-state index in [9.17, 15) is 14.7 Å². The molecule has 0 spiro atoms. The molecule has 1 heterocycles. The lowest BCUT2D eigenvalue weighted by Crippen LogP contribution is -2.30. The van der Waals surface area contributed by atoms with Crippen LogP contribution in [0.15, 0.2) is 52.5 Å². The zero-order chi connectivity index (χ0) is 21.1. The second-order valence-corrected chi connectivity index (χ2v) is 7.81. The first-order valence-electron chi connectivity index (χ1n) is 9.66. The molecule has 1 atom stereocenters. The van der Waals surface area contributed by atoms with Crippen molar-refractivity contribution in [1.29, 1.82) is 0 Å². The number of nitrogens with zero attached hydrogens (tertiary/aromatic N) is 1. The smallest absolute Gasteiger partial charge is 0.295 e. The number of hydrogen-bond donors (Lipinski definition) is 1. The molecule has 1 aliphatic rings. The van der Waals surface area contributed by atoms with Crippen LogP contribution in [0, 0.1) is 6.92 Å². The SMILES string of the molecule is CCCN1C(=O)C(=O)/C(=C(\O)c2ccc(Br)c(C)c2)C1c1ccc(OCC)cc1. The maximum atomic E-state index is 12.9. The van der Waals surface area contributed by atoms with E-state index in [-0.39, 0.29) is 11.3 Å². The van der Waals surface area contributed by atoms with Crippen molar-refractivity contribution in [2.45, 2.75) is 33.2 Å². The average Bonchev–Trinajstić information content (AvgIpc) is 2.96. The molecule has 1 aliphatic heterocycles. The molecule has 29 heavy (non-hydrogen) atoms. The summed E-state index contributed by atoms with van der Waals surface area (Å²) in [5, 5.41) is 11.0. The molecule has 1 amide bonds. The van der Waals surface area contributed by atoms with E-state index < -0.39 is 17.7 Å². The van der Waals surface area contributed by atoms with Gasteiger partial charge in [0, 0.05) is 16.6 Å². The molecule has 0 saturated carbocycles. The molecule has 0 aromatic heterocycles. The quantitative estimate of drug-likeness (QED) is 0.377. The molecule has 0 bridgehead atoms. The zero-order valence-corrected chi connectivity index (χ0v) is 18.3. The van der Waals surface area contributed by atoms with Crippen LogP contribution in [-0.2, 0) is 9.59 Å². The van der Waals surface area contributed by atoms with Crippen molar-refractivity contribution in [1.82, 2.24) is 4.90 Å². The molecule has 0 aliphatic carbocycles. The van der Waals surface area contributed by atoms with Crippen LogP contribution in [0.1, 0.15) is 43.0 Å². The molecule has 6 heteroatoms. The van der Waals surface area contributed by atoms with Crippen molar-refractivity contribution in [2.24, 2.45) is 0 Å². The van der Waals surface area contributed by atoms with Gasteiger partial charge in [-0.05, 0) is 55.7 Å². The number of benzene rings is 2. The van der Waals surface area contributed by atoms with E-state index in [1.165, 1.54) is 4.90 Å². The number of halogens is 1. The van der Waals surface area contributed by atoms with E-state index in [4.69, 9.17) is 4.74 Å². The molecule has 1 saturated heterocycles. The molecule has 5 nitrogen and oxygen atoms in total. The predicted molar refractivity (Wildman–Crippen MR) is 116 cm³/mol. The van der Waals surface area contributed by atoms with Crippen molar-refractivity contribution in [3.05, 3.63) is 69.2 Å². The molecular weight excluding hydrogens is 434 g/mol. The van der Waals surface area contributed by atoms with Crippen LogP contribution in [0.5, 0.6) is 5.75 Å². The summed E-state index contributed by atoms with van der Waals surface area (Å²) >= 11 is 3.44. The topological polar surface area (TPSA) is 66.8 Å². The van der Waals surface area contributed by atoms with E-state index in [0.717, 1.165) is 15.6 Å². The normalized spacial score (nSPS) is 18.3. The van der Waals surface area contributed by atoms with Gasteiger partial charge in [0.1, 0.15) is 11.5 Å². The van der Waals surface area contributed by atoms with Crippen molar-refractivity contribution in [3.63, 3.8) is 0 Å². The standard InChI is InChI=1S/C23H24BrNO4/c1-4-12-25-20(15-6-9-17(10-7-15)29-5-2)19(22(27)23(25)28)21(26)16-8-11-18(24)14(3)13-16/h6-11,13,20,26H,4-5,12H2,1-3H3/b21-19-. The summed E-state index contributed by atoms with van der Waals surface area (Å²) in [6, 6.07) is 12.0. The Morgan fingerprint density at radius 3 is 2.41 bits per heavy atom. The van der Waals surface area contributed by atoms with Gasteiger partial charge in [-0.15, -0.1) is 0 Å². The Morgan fingerprint density at radius 1 is 1.14 bits per heavy atom. The van der Waals surface area contributed by atoms with Crippen LogP contribution >= 0.6 is 15.9 Å². The lowest BCUT2D eigenvalue weighted by Gasteiger charge is -2.25. The number of Topliss-reactive ketones (excluding diaryl/α,β-unsaturated/α-hetero) is 1. The van der Waals surface area contributed by atoms with Crippen molar-refractivity contribution in [3.8, 4) is 5.75 Å². The number of aliphatic hydroxyl groups excluding tert-OH is 1. The number of rotatable bonds is 6. The number of carbonyl (C=O) groups excluding carboxylic acids is 2. The van der Waals surface area contributed by atoms with Gasteiger partial charge in [-0.25, -0.2) is 0 Å². The first-order chi connectivity index (χ1) is 13.9. The van der Waals surface area contributed by atoms with Gasteiger partial charge in [0.15, 0.2) is 0 Å². The van der Waals surface area contributed by atoms with E-state index in [2.05, 4.69) is 15.9 Å². The van der Waals surface area contributed by atoms with Gasteiger partial charge in [0.25, 0.3) is 11.7 Å². The van der Waals surface area contributed by atoms with Gasteiger partial charge in [0.05, 0.1) is 18.2 Å². The average molecular weight is 458 g/mol. The lowest BCUT2D eigenvalue weighted by atomic mass is 9.95. The van der Waals surface area contributed by atoms with Crippen LogP contribution in [0.3, 0.4) is 0 Å². The molecule has 2 aromatic carbocycles. The Labute approximate surface area is 179 Å². The third-order valence-electron chi connectivity index (χ3n) is 4.94. The highest BCUT2D eigenvalue weighted by molar-refractivity contribution is 9.10. The first kappa shape index (κ1) is 21.1. The summed E-state index contributed by atoms with van der Waals surface area (Å²) in [4.78, 5) is 27.1. The molecule has 1 unspecified atom stereocenters. The van der Waals surface area contributed by atoms with Crippen molar-refractivity contribution >= 4 is 33.4 Å². The van der Waals surface area contributed by atoms with Crippen molar-refractivity contribution in [2.75, 3.05) is 13.2 Å². The summed E-state index contributed by atoms with van der Waals surface area (Å²) in [6.07, 6.45) is 0.706. The number of likely N-dealkylation sites (tertiary alicyclic amines) is 1. The second kappa shape index (κ2) is 8.82. The minimum absolute atomic E-state index is 0.120. The number of aryl methyl sites for hydroxylation is 1. The molecule has 2 aromatic rings. The summed E-state index contributed by atoms with van der Waals surface area (Å²) in [6.45, 7) is 6.74. The van der Waals surface area contributed by atoms with Gasteiger partial charge < -0.3 is 14.7 Å². The van der Waals surface area contributed by atoms with E-state index in [1.807, 2.05) is 51.1 Å². The summed E-state index contributed by atoms with van der Waals surface area (Å²) in [5.74, 6) is -0.680. The zero-order valence-electron chi connectivity index (χ0n) is 16.7. The molecule has 1 fully saturated rings. The fourth-order valence-corrected chi connectivity index (χ4v) is 3.81. The number of carbonyl (C=O) groups is 2. The highest BCUT2D eigenvalue weighted by atomic mass is 79.9. The van der Waals surface area contributed by atoms with Gasteiger partial charge in [0.2, 0.25) is 0 Å². The van der Waals surface area contributed by atoms with Gasteiger partial charge in [-0.1, -0.05) is 41.1 Å². The van der Waals surface area contributed by atoms with Gasteiger partial charge in [-0.3, -0.25) is 9.59 Å². The monoisotopic (exact) mass is 457 g/mol. The lowest BCUT2D eigenvalue weighted by molar-refractivity contribution is -0.139. The van der Waals surface area contributed by atoms with Crippen LogP contribution in [0.4, 0.5) is 0 Å². The second-order valence-electron chi connectivity index (χ2n) is 6.96. The number of aliphatic hydroxyl groups is 1. The van der Waals surface area contributed by atoms with Crippen LogP contribution in [0.25, 0.3) is 5.76 Å². The Hall–Kier alpha value is -2.60. The Bertz CT molecular complexity index is 965. The summed E-state index contributed by atoms with van der Waals surface area (Å²) in [7, 11) is 0. The van der Waals surface area contributed by atoms with Crippen LogP contribution < -0.4 is 4.74 Å². The van der Waals surface area contributed by atoms with Crippen LogP contribution in [-0.4, -0.2) is 34.8 Å². The minimum Gasteiger partial charge on any atom is -0.507 e. The van der Waals surface area contributed by atoms with E-state index >= 15 is 0 Å². The van der Waals surface area contributed by atoms with Gasteiger partial charge in [-0.2, -0.15) is 0 Å². The molecule has 1 N–H and O–H groups in total. The highest BCUT2D eigenvalue weighted by Crippen LogP contribution is 2.40. The highest BCUT2D eigenvalue weighted by Gasteiger charge is 2.45. The van der Waals surface area contributed by atoms with E-state index in [0.29, 0.717) is 30.9 Å². The van der Waals surface area contributed by atoms with Gasteiger partial charge >= 0.3 is 0 Å². The van der Waals surface area contributed by atoms with Crippen molar-refractivity contribution < 1.29 is 19.4 Å². The molecule has 3 rings (SSSR count). The number of amides is 1.